The van der Waals surface area contributed by atoms with Gasteiger partial charge in [-0.2, -0.15) is 0 Å². The monoisotopic (exact) mass is 270 g/mol. The maximum atomic E-state index is 11.2. The van der Waals surface area contributed by atoms with Gasteiger partial charge in [0.05, 0.1) is 11.4 Å². The Morgan fingerprint density at radius 1 is 1.25 bits per heavy atom. The van der Waals surface area contributed by atoms with Crippen molar-refractivity contribution in [2.45, 2.75) is 13.3 Å². The van der Waals surface area contributed by atoms with Crippen molar-refractivity contribution in [1.29, 1.82) is 0 Å². The molecule has 4 heteroatoms. The summed E-state index contributed by atoms with van der Waals surface area (Å²) in [6.07, 6.45) is 0.749. The number of para-hydroxylation sites is 1. The molecular weight excluding hydrogens is 252 g/mol. The minimum absolute atomic E-state index is 0.299. The summed E-state index contributed by atoms with van der Waals surface area (Å²) in [4.78, 5) is 18.0. The zero-order valence-corrected chi connectivity index (χ0v) is 11.5. The first-order valence-corrected chi connectivity index (χ1v) is 6.97. The molecule has 2 atom stereocenters. The van der Waals surface area contributed by atoms with Crippen LogP contribution >= 0.6 is 0 Å². The fraction of sp³-hybridized carbons (Fsp3) is 0.375. The summed E-state index contributed by atoms with van der Waals surface area (Å²) in [5, 5.41) is 10.4. The highest BCUT2D eigenvalue weighted by Crippen LogP contribution is 2.26. The average Bonchev–Trinajstić information content (AvgIpc) is 2.46. The van der Waals surface area contributed by atoms with E-state index < -0.39 is 5.97 Å². The first kappa shape index (κ1) is 12.9. The van der Waals surface area contributed by atoms with Crippen molar-refractivity contribution >= 4 is 22.7 Å². The Morgan fingerprint density at radius 2 is 2.05 bits per heavy atom. The minimum Gasteiger partial charge on any atom is -0.481 e. The highest BCUT2D eigenvalue weighted by Gasteiger charge is 2.30. The van der Waals surface area contributed by atoms with Gasteiger partial charge in [0.1, 0.15) is 5.82 Å². The Balaban J connectivity index is 1.91. The Hall–Kier alpha value is -2.10. The van der Waals surface area contributed by atoms with Gasteiger partial charge in [0.25, 0.3) is 0 Å². The maximum Gasteiger partial charge on any atom is 0.308 e. The van der Waals surface area contributed by atoms with E-state index in [0.29, 0.717) is 12.5 Å². The normalized spacial score (nSPS) is 22.9. The summed E-state index contributed by atoms with van der Waals surface area (Å²) >= 11 is 0. The molecule has 3 rings (SSSR count). The summed E-state index contributed by atoms with van der Waals surface area (Å²) in [6, 6.07) is 12.0. The number of carboxylic acids is 1. The van der Waals surface area contributed by atoms with E-state index in [1.54, 1.807) is 0 Å². The lowest BCUT2D eigenvalue weighted by Gasteiger charge is -2.35. The van der Waals surface area contributed by atoms with Gasteiger partial charge in [0.15, 0.2) is 0 Å². The number of benzene rings is 1. The number of hydrogen-bond donors (Lipinski definition) is 1. The van der Waals surface area contributed by atoms with Crippen molar-refractivity contribution in [1.82, 2.24) is 4.98 Å². The van der Waals surface area contributed by atoms with E-state index in [9.17, 15) is 9.90 Å². The lowest BCUT2D eigenvalue weighted by atomic mass is 9.90. The number of fused-ring (bicyclic) bond motifs is 1. The van der Waals surface area contributed by atoms with Crippen molar-refractivity contribution in [2.75, 3.05) is 18.0 Å². The van der Waals surface area contributed by atoms with Crippen molar-refractivity contribution in [3.8, 4) is 0 Å². The largest absolute Gasteiger partial charge is 0.481 e. The molecule has 0 aliphatic carbocycles. The van der Waals surface area contributed by atoms with Crippen LogP contribution in [0.25, 0.3) is 10.9 Å². The van der Waals surface area contributed by atoms with Crippen LogP contribution in [0, 0.1) is 11.8 Å². The fourth-order valence-corrected chi connectivity index (χ4v) is 2.95. The smallest absolute Gasteiger partial charge is 0.308 e. The van der Waals surface area contributed by atoms with Crippen LogP contribution < -0.4 is 4.90 Å². The Kier molecular flexibility index (Phi) is 3.30. The molecule has 104 valence electrons. The first-order chi connectivity index (χ1) is 9.63. The number of carboxylic acid groups (broad SMARTS) is 1. The molecule has 0 radical (unpaired) electrons. The van der Waals surface area contributed by atoms with Crippen LogP contribution in [-0.4, -0.2) is 29.1 Å². The molecular formula is C16H18N2O2. The molecule has 2 unspecified atom stereocenters. The summed E-state index contributed by atoms with van der Waals surface area (Å²) in [7, 11) is 0. The zero-order chi connectivity index (χ0) is 14.1. The lowest BCUT2D eigenvalue weighted by molar-refractivity contribution is -0.142. The van der Waals surface area contributed by atoms with Crippen molar-refractivity contribution in [3.63, 3.8) is 0 Å². The van der Waals surface area contributed by atoms with Gasteiger partial charge in [-0.05, 0) is 30.5 Å². The standard InChI is InChI=1S/C16H18N2O2/c1-11-8-13(16(19)20)10-18(9-11)15-7-6-12-4-2-3-5-14(12)17-15/h2-7,11,13H,8-10H2,1H3,(H,19,20). The van der Waals surface area contributed by atoms with Crippen LogP contribution in [0.3, 0.4) is 0 Å². The van der Waals surface area contributed by atoms with Gasteiger partial charge in [-0.1, -0.05) is 25.1 Å². The summed E-state index contributed by atoms with van der Waals surface area (Å²) < 4.78 is 0. The maximum absolute atomic E-state index is 11.2. The predicted octanol–water partition coefficient (Wildman–Crippen LogP) is 2.78. The molecule has 1 aromatic carbocycles. The van der Waals surface area contributed by atoms with Gasteiger partial charge in [-0.15, -0.1) is 0 Å². The molecule has 1 aliphatic rings. The zero-order valence-electron chi connectivity index (χ0n) is 11.5. The molecule has 0 spiro atoms. The molecule has 0 saturated carbocycles. The van der Waals surface area contributed by atoms with E-state index in [2.05, 4.69) is 16.8 Å². The predicted molar refractivity (Wildman–Crippen MR) is 78.9 cm³/mol. The third kappa shape index (κ3) is 2.46. The SMILES string of the molecule is CC1CC(C(=O)O)CN(c2ccc3ccccc3n2)C1. The molecule has 1 N–H and O–H groups in total. The topological polar surface area (TPSA) is 53.4 Å². The number of anilines is 1. The van der Waals surface area contributed by atoms with Gasteiger partial charge < -0.3 is 10.0 Å². The van der Waals surface area contributed by atoms with Crippen molar-refractivity contribution < 1.29 is 9.90 Å². The number of pyridine rings is 1. The van der Waals surface area contributed by atoms with Crippen molar-refractivity contribution in [3.05, 3.63) is 36.4 Å². The van der Waals surface area contributed by atoms with Crippen LogP contribution in [0.15, 0.2) is 36.4 Å². The molecule has 4 nitrogen and oxygen atoms in total. The molecule has 1 aliphatic heterocycles. The summed E-state index contributed by atoms with van der Waals surface area (Å²) in [5.41, 5.74) is 0.954. The summed E-state index contributed by atoms with van der Waals surface area (Å²) in [6.45, 7) is 3.52. The van der Waals surface area contributed by atoms with Crippen LogP contribution in [0.1, 0.15) is 13.3 Å². The minimum atomic E-state index is -0.706. The van der Waals surface area contributed by atoms with E-state index in [-0.39, 0.29) is 5.92 Å². The number of nitrogens with zero attached hydrogens (tertiary/aromatic N) is 2. The molecule has 1 fully saturated rings. The van der Waals surface area contributed by atoms with Crippen LogP contribution in [0.5, 0.6) is 0 Å². The molecule has 0 bridgehead atoms. The lowest BCUT2D eigenvalue weighted by Crippen LogP contribution is -2.42. The molecule has 1 saturated heterocycles. The van der Waals surface area contributed by atoms with Crippen LogP contribution in [0.2, 0.25) is 0 Å². The van der Waals surface area contributed by atoms with E-state index >= 15 is 0 Å². The quantitative estimate of drug-likeness (QED) is 0.911. The van der Waals surface area contributed by atoms with E-state index in [1.807, 2.05) is 36.4 Å². The van der Waals surface area contributed by atoms with Crippen LogP contribution in [-0.2, 0) is 4.79 Å². The molecule has 2 heterocycles. The number of aliphatic carboxylic acids is 1. The van der Waals surface area contributed by atoms with Crippen molar-refractivity contribution in [2.24, 2.45) is 11.8 Å². The summed E-state index contributed by atoms with van der Waals surface area (Å²) in [5.74, 6) is 0.244. The van der Waals surface area contributed by atoms with Gasteiger partial charge in [-0.3, -0.25) is 4.79 Å². The van der Waals surface area contributed by atoms with Crippen LogP contribution in [0.4, 0.5) is 5.82 Å². The molecule has 0 amide bonds. The van der Waals surface area contributed by atoms with E-state index in [1.165, 1.54) is 0 Å². The van der Waals surface area contributed by atoms with Gasteiger partial charge in [0, 0.05) is 18.5 Å². The third-order valence-corrected chi connectivity index (χ3v) is 3.92. The van der Waals surface area contributed by atoms with Gasteiger partial charge in [0.2, 0.25) is 0 Å². The Labute approximate surface area is 118 Å². The second-order valence-electron chi connectivity index (χ2n) is 5.64. The second-order valence-corrected chi connectivity index (χ2v) is 5.64. The van der Waals surface area contributed by atoms with E-state index in [4.69, 9.17) is 0 Å². The number of rotatable bonds is 2. The Bertz CT molecular complexity index is 641. The number of hydrogen-bond acceptors (Lipinski definition) is 3. The Morgan fingerprint density at radius 3 is 2.85 bits per heavy atom. The molecule has 20 heavy (non-hydrogen) atoms. The fourth-order valence-electron chi connectivity index (χ4n) is 2.95. The highest BCUT2D eigenvalue weighted by atomic mass is 16.4. The highest BCUT2D eigenvalue weighted by molar-refractivity contribution is 5.80. The van der Waals surface area contributed by atoms with E-state index in [0.717, 1.165) is 29.7 Å². The number of piperidine rings is 1. The molecule has 2 aromatic rings. The van der Waals surface area contributed by atoms with Gasteiger partial charge >= 0.3 is 5.97 Å². The van der Waals surface area contributed by atoms with Gasteiger partial charge in [-0.25, -0.2) is 4.98 Å². The third-order valence-electron chi connectivity index (χ3n) is 3.92. The average molecular weight is 270 g/mol. The first-order valence-electron chi connectivity index (χ1n) is 6.97. The number of aromatic nitrogens is 1. The number of carbonyl (C=O) groups is 1. The second kappa shape index (κ2) is 5.12. The molecule has 1 aromatic heterocycles.